The highest BCUT2D eigenvalue weighted by Gasteiger charge is 2.47. The molecule has 30 heavy (non-hydrogen) atoms. The third-order valence-electron chi connectivity index (χ3n) is 5.64. The Morgan fingerprint density at radius 1 is 1.27 bits per heavy atom. The van der Waals surface area contributed by atoms with Crippen LogP contribution in [-0.4, -0.2) is 45.7 Å². The van der Waals surface area contributed by atoms with Gasteiger partial charge >= 0.3 is 0 Å². The smallest absolute Gasteiger partial charge is 0.282 e. The number of halogens is 2. The van der Waals surface area contributed by atoms with Crippen molar-refractivity contribution in [2.75, 3.05) is 13.1 Å². The van der Waals surface area contributed by atoms with E-state index < -0.39 is 19.0 Å². The van der Waals surface area contributed by atoms with Gasteiger partial charge in [0.25, 0.3) is 11.8 Å². The second-order valence-corrected chi connectivity index (χ2v) is 9.15. The molecule has 2 aliphatic rings. The van der Waals surface area contributed by atoms with Gasteiger partial charge in [0.1, 0.15) is 5.82 Å². The van der Waals surface area contributed by atoms with Crippen LogP contribution in [0.4, 0.5) is 8.78 Å². The molecule has 1 aliphatic carbocycles. The minimum absolute atomic E-state index is 0.0448. The van der Waals surface area contributed by atoms with Crippen molar-refractivity contribution in [2.24, 2.45) is 5.92 Å². The second kappa shape index (κ2) is 6.87. The number of H-pyrrole nitrogens is 1. The summed E-state index contributed by atoms with van der Waals surface area (Å²) < 4.78 is 26.0. The first kappa shape index (κ1) is 19.2. The Hall–Kier alpha value is -2.81. The van der Waals surface area contributed by atoms with Crippen LogP contribution >= 0.6 is 11.3 Å². The van der Waals surface area contributed by atoms with Crippen LogP contribution in [0.5, 0.6) is 0 Å². The van der Waals surface area contributed by atoms with Crippen LogP contribution in [0.2, 0.25) is 0 Å². The zero-order chi connectivity index (χ0) is 21.0. The number of aromatic nitrogens is 2. The lowest BCUT2D eigenvalue weighted by molar-refractivity contribution is -0.123. The normalized spacial score (nSPS) is 23.1. The highest BCUT2D eigenvalue weighted by atomic mass is 32.1. The van der Waals surface area contributed by atoms with Crippen molar-refractivity contribution in [3.05, 3.63) is 52.0 Å². The van der Waals surface area contributed by atoms with E-state index in [0.29, 0.717) is 4.88 Å². The number of carbonyl (C=O) groups excluding carboxylic acids is 2. The summed E-state index contributed by atoms with van der Waals surface area (Å²) in [6, 6.07) is 10.9. The van der Waals surface area contributed by atoms with Gasteiger partial charge in [-0.25, -0.2) is 13.8 Å². The van der Waals surface area contributed by atoms with Gasteiger partial charge in [-0.15, -0.1) is 11.3 Å². The fraction of sp³-hybridized carbons (Fsp3) is 0.381. The maximum atomic E-state index is 13.0. The Bertz CT molecular complexity index is 1100. The van der Waals surface area contributed by atoms with Gasteiger partial charge in [-0.2, -0.15) is 0 Å². The maximum absolute atomic E-state index is 13.0. The molecule has 2 aromatic heterocycles. The van der Waals surface area contributed by atoms with E-state index in [-0.39, 0.29) is 29.7 Å². The number of hydrogen-bond donors (Lipinski definition) is 2. The van der Waals surface area contributed by atoms with E-state index in [0.717, 1.165) is 33.1 Å². The average molecular weight is 430 g/mol. The van der Waals surface area contributed by atoms with Gasteiger partial charge in [0.15, 0.2) is 0 Å². The number of hydrogen-bond acceptors (Lipinski definition) is 4. The summed E-state index contributed by atoms with van der Waals surface area (Å²) in [7, 11) is 0. The Morgan fingerprint density at radius 2 is 2.03 bits per heavy atom. The molecule has 1 aliphatic heterocycles. The first-order chi connectivity index (χ1) is 14.3. The average Bonchev–Trinajstić information content (AvgIpc) is 3.14. The molecule has 3 heterocycles. The maximum Gasteiger partial charge on any atom is 0.282 e. The predicted octanol–water partition coefficient (Wildman–Crippen LogP) is 3.70. The van der Waals surface area contributed by atoms with Crippen LogP contribution in [0.25, 0.3) is 11.0 Å². The van der Waals surface area contributed by atoms with Crippen molar-refractivity contribution >= 4 is 34.2 Å². The van der Waals surface area contributed by atoms with E-state index in [1.54, 1.807) is 12.1 Å². The molecular formula is C21H20F2N4O2S. The van der Waals surface area contributed by atoms with Gasteiger partial charge in [0, 0.05) is 16.7 Å². The fourth-order valence-electron chi connectivity index (χ4n) is 3.84. The number of imidazole rings is 1. The molecule has 0 spiro atoms. The molecule has 5 rings (SSSR count). The molecule has 156 valence electrons. The molecule has 1 saturated heterocycles. The quantitative estimate of drug-likeness (QED) is 0.648. The molecule has 3 atom stereocenters. The molecule has 2 N–H and O–H groups in total. The first-order valence-corrected chi connectivity index (χ1v) is 10.6. The summed E-state index contributed by atoms with van der Waals surface area (Å²) in [5, 5.41) is 3.00. The molecule has 2 amide bonds. The monoisotopic (exact) mass is 430 g/mol. The lowest BCUT2D eigenvalue weighted by Crippen LogP contribution is -2.58. The predicted molar refractivity (Wildman–Crippen MR) is 109 cm³/mol. The minimum Gasteiger partial charge on any atom is -0.349 e. The molecule has 1 saturated carbocycles. The molecule has 1 aromatic carbocycles. The third kappa shape index (κ3) is 3.47. The van der Waals surface area contributed by atoms with Gasteiger partial charge in [-0.05, 0) is 37.6 Å². The number of rotatable bonds is 5. The summed E-state index contributed by atoms with van der Waals surface area (Å²) in [5.41, 5.74) is 1.85. The molecule has 0 radical (unpaired) electrons. The number of amides is 2. The topological polar surface area (TPSA) is 78.1 Å². The van der Waals surface area contributed by atoms with Crippen LogP contribution < -0.4 is 5.32 Å². The van der Waals surface area contributed by atoms with Crippen molar-refractivity contribution in [3.8, 4) is 0 Å². The summed E-state index contributed by atoms with van der Waals surface area (Å²) in [4.78, 5) is 35.2. The van der Waals surface area contributed by atoms with Crippen molar-refractivity contribution in [1.29, 1.82) is 0 Å². The first-order valence-electron chi connectivity index (χ1n) is 9.82. The number of aromatic amines is 1. The number of fused-ring (bicyclic) bond motifs is 1. The number of carbonyl (C=O) groups is 2. The third-order valence-corrected chi connectivity index (χ3v) is 6.90. The van der Waals surface area contributed by atoms with Crippen molar-refractivity contribution < 1.29 is 18.4 Å². The fourth-order valence-corrected chi connectivity index (χ4v) is 4.82. The second-order valence-electron chi connectivity index (χ2n) is 8.04. The van der Waals surface area contributed by atoms with Crippen molar-refractivity contribution in [1.82, 2.24) is 20.2 Å². The van der Waals surface area contributed by atoms with E-state index >= 15 is 0 Å². The number of benzene rings is 1. The Kier molecular flexibility index (Phi) is 4.39. The number of likely N-dealkylation sites (tertiary alicyclic amines) is 1. The molecule has 6 nitrogen and oxygen atoms in total. The van der Waals surface area contributed by atoms with E-state index in [4.69, 9.17) is 0 Å². The zero-order valence-corrected chi connectivity index (χ0v) is 17.0. The van der Waals surface area contributed by atoms with Crippen molar-refractivity contribution in [3.63, 3.8) is 0 Å². The van der Waals surface area contributed by atoms with Crippen LogP contribution in [0.3, 0.4) is 0 Å². The van der Waals surface area contributed by atoms with E-state index in [1.807, 2.05) is 31.2 Å². The van der Waals surface area contributed by atoms with Gasteiger partial charge < -0.3 is 15.2 Å². The Labute approximate surface area is 175 Å². The summed E-state index contributed by atoms with van der Waals surface area (Å²) in [6.45, 7) is 0.792. The van der Waals surface area contributed by atoms with Gasteiger partial charge in [0.2, 0.25) is 5.91 Å². The standard InChI is InChI=1S/C21H20F2N4O2S/c1-11(16-6-7-17(30-16)20(29)27-9-21(22,23)10-27)24-19(28)13-8-12(13)18-25-14-4-2-3-5-15(14)26-18/h2-7,11-13H,8-10H2,1H3,(H,24,28)(H,25,26)/t11-,12+,13+/m1/s1. The highest BCUT2D eigenvalue weighted by Crippen LogP contribution is 2.47. The molecule has 3 aromatic rings. The number of alkyl halides is 2. The SMILES string of the molecule is C[C@@H](NC(=O)[C@H]1C[C@@H]1c1nc2ccccc2[nH]1)c1ccc(C(=O)N2CC(F)(F)C2)s1. The highest BCUT2D eigenvalue weighted by molar-refractivity contribution is 7.14. The Balaban J connectivity index is 1.19. The number of nitrogens with zero attached hydrogens (tertiary/aromatic N) is 2. The zero-order valence-electron chi connectivity index (χ0n) is 16.2. The summed E-state index contributed by atoms with van der Waals surface area (Å²) in [6.07, 6.45) is 0.746. The van der Waals surface area contributed by atoms with Gasteiger partial charge in [-0.3, -0.25) is 9.59 Å². The van der Waals surface area contributed by atoms with E-state index in [9.17, 15) is 18.4 Å². The van der Waals surface area contributed by atoms with Gasteiger partial charge in [-0.1, -0.05) is 12.1 Å². The number of para-hydroxylation sites is 2. The van der Waals surface area contributed by atoms with Crippen LogP contribution in [0.1, 0.15) is 45.7 Å². The molecule has 0 bridgehead atoms. The summed E-state index contributed by atoms with van der Waals surface area (Å²) in [5.74, 6) is -2.42. The van der Waals surface area contributed by atoms with Gasteiger partial charge in [0.05, 0.1) is 35.0 Å². The molecule has 0 unspecified atom stereocenters. The Morgan fingerprint density at radius 3 is 2.77 bits per heavy atom. The largest absolute Gasteiger partial charge is 0.349 e. The van der Waals surface area contributed by atoms with Crippen molar-refractivity contribution in [2.45, 2.75) is 31.2 Å². The van der Waals surface area contributed by atoms with Crippen LogP contribution in [0.15, 0.2) is 36.4 Å². The summed E-state index contributed by atoms with van der Waals surface area (Å²) >= 11 is 1.23. The lowest BCUT2D eigenvalue weighted by Gasteiger charge is -2.38. The molecule has 2 fully saturated rings. The number of nitrogens with one attached hydrogen (secondary N) is 2. The molecular weight excluding hydrogens is 410 g/mol. The number of thiophene rings is 1. The minimum atomic E-state index is -2.78. The molecule has 9 heteroatoms. The van der Waals surface area contributed by atoms with Crippen LogP contribution in [0, 0.1) is 5.92 Å². The lowest BCUT2D eigenvalue weighted by atomic mass is 10.1. The van der Waals surface area contributed by atoms with Crippen LogP contribution in [-0.2, 0) is 4.79 Å². The van der Waals surface area contributed by atoms with E-state index in [2.05, 4.69) is 15.3 Å². The van der Waals surface area contributed by atoms with E-state index in [1.165, 1.54) is 11.3 Å².